The Kier molecular flexibility index (Phi) is 3.53. The summed E-state index contributed by atoms with van der Waals surface area (Å²) in [6.07, 6.45) is 5.47. The van der Waals surface area contributed by atoms with Crippen LogP contribution < -0.4 is 0 Å². The second-order valence-corrected chi connectivity index (χ2v) is 7.78. The van der Waals surface area contributed by atoms with Crippen molar-refractivity contribution in [3.63, 3.8) is 0 Å². The van der Waals surface area contributed by atoms with Crippen LogP contribution in [0.15, 0.2) is 0 Å². The molecule has 1 saturated carbocycles. The van der Waals surface area contributed by atoms with Crippen molar-refractivity contribution in [2.24, 2.45) is 11.3 Å². The van der Waals surface area contributed by atoms with Gasteiger partial charge in [-0.1, -0.05) is 0 Å². The second kappa shape index (κ2) is 4.46. The Morgan fingerprint density at radius 2 is 2.12 bits per heavy atom. The molecule has 1 heterocycles. The maximum absolute atomic E-state index is 11.3. The highest BCUT2D eigenvalue weighted by Gasteiger charge is 2.50. The van der Waals surface area contributed by atoms with E-state index >= 15 is 0 Å². The first kappa shape index (κ1) is 12.7. The molecule has 16 heavy (non-hydrogen) atoms. The molecule has 2 unspecified atom stereocenters. The van der Waals surface area contributed by atoms with Gasteiger partial charge in [-0.05, 0) is 31.6 Å². The zero-order valence-corrected chi connectivity index (χ0v) is 11.2. The highest BCUT2D eigenvalue weighted by Crippen LogP contribution is 2.50. The van der Waals surface area contributed by atoms with Crippen molar-refractivity contribution in [2.45, 2.75) is 31.8 Å². The topological polar surface area (TPSA) is 43.4 Å². The van der Waals surface area contributed by atoms with Gasteiger partial charge in [0.15, 0.2) is 0 Å². The minimum Gasteiger partial charge on any atom is -0.377 e. The summed E-state index contributed by atoms with van der Waals surface area (Å²) >= 11 is 6.09. The predicted octanol–water partition coefficient (Wildman–Crippen LogP) is 1.85. The molecular weight excluding hydrogens is 248 g/mol. The van der Waals surface area contributed by atoms with Gasteiger partial charge in [0.1, 0.15) is 9.84 Å². The average Bonchev–Trinajstić information content (AvgIpc) is 2.95. The first-order valence-electron chi connectivity index (χ1n) is 5.82. The van der Waals surface area contributed by atoms with Crippen LogP contribution in [0.2, 0.25) is 0 Å². The Balaban J connectivity index is 2.05. The van der Waals surface area contributed by atoms with Gasteiger partial charge >= 0.3 is 0 Å². The third kappa shape index (κ3) is 2.71. The lowest BCUT2D eigenvalue weighted by atomic mass is 9.78. The minimum absolute atomic E-state index is 0.0915. The third-order valence-corrected chi connectivity index (χ3v) is 5.27. The second-order valence-electron chi connectivity index (χ2n) is 5.25. The SMILES string of the molecule is CS(=O)(=O)CCC1(CCl)CCOC1C1CC1. The third-order valence-electron chi connectivity index (χ3n) is 3.79. The highest BCUT2D eigenvalue weighted by molar-refractivity contribution is 7.90. The number of alkyl halides is 1. The lowest BCUT2D eigenvalue weighted by Crippen LogP contribution is -2.36. The Hall–Kier alpha value is 0.200. The number of ether oxygens (including phenoxy) is 1. The van der Waals surface area contributed by atoms with Crippen LogP contribution in [0.4, 0.5) is 0 Å². The number of hydrogen-bond donors (Lipinski definition) is 0. The molecule has 0 N–H and O–H groups in total. The zero-order valence-electron chi connectivity index (χ0n) is 9.62. The Morgan fingerprint density at radius 1 is 1.44 bits per heavy atom. The number of rotatable bonds is 5. The number of sulfone groups is 1. The summed E-state index contributed by atoms with van der Waals surface area (Å²) in [5.41, 5.74) is -0.0915. The molecule has 1 aliphatic heterocycles. The van der Waals surface area contributed by atoms with Gasteiger partial charge in [0.05, 0.1) is 11.9 Å². The summed E-state index contributed by atoms with van der Waals surface area (Å²) in [5, 5.41) is 0. The van der Waals surface area contributed by atoms with E-state index in [-0.39, 0.29) is 17.3 Å². The number of halogens is 1. The Labute approximate surface area is 102 Å². The summed E-state index contributed by atoms with van der Waals surface area (Å²) in [4.78, 5) is 0. The van der Waals surface area contributed by atoms with Crippen LogP contribution >= 0.6 is 11.6 Å². The van der Waals surface area contributed by atoms with Crippen LogP contribution in [-0.4, -0.2) is 39.0 Å². The molecule has 3 nitrogen and oxygen atoms in total. The molecule has 0 spiro atoms. The van der Waals surface area contributed by atoms with E-state index in [1.165, 1.54) is 19.1 Å². The van der Waals surface area contributed by atoms with E-state index in [0.717, 1.165) is 13.0 Å². The zero-order chi connectivity index (χ0) is 11.8. The van der Waals surface area contributed by atoms with Crippen LogP contribution in [0.25, 0.3) is 0 Å². The molecule has 2 rings (SSSR count). The summed E-state index contributed by atoms with van der Waals surface area (Å²) in [6, 6.07) is 0. The molecule has 2 atom stereocenters. The molecule has 94 valence electrons. The summed E-state index contributed by atoms with van der Waals surface area (Å²) in [7, 11) is -2.90. The fourth-order valence-electron chi connectivity index (χ4n) is 2.61. The van der Waals surface area contributed by atoms with Gasteiger partial charge in [-0.25, -0.2) is 8.42 Å². The molecule has 0 amide bonds. The fraction of sp³-hybridized carbons (Fsp3) is 1.00. The van der Waals surface area contributed by atoms with Crippen molar-refractivity contribution in [3.05, 3.63) is 0 Å². The Bertz CT molecular complexity index is 350. The van der Waals surface area contributed by atoms with Gasteiger partial charge in [-0.3, -0.25) is 0 Å². The first-order valence-corrected chi connectivity index (χ1v) is 8.42. The van der Waals surface area contributed by atoms with Crippen molar-refractivity contribution >= 4 is 21.4 Å². The van der Waals surface area contributed by atoms with Crippen LogP contribution in [0, 0.1) is 11.3 Å². The quantitative estimate of drug-likeness (QED) is 0.714. The van der Waals surface area contributed by atoms with E-state index in [1.807, 2.05) is 0 Å². The van der Waals surface area contributed by atoms with Crippen molar-refractivity contribution in [3.8, 4) is 0 Å². The lowest BCUT2D eigenvalue weighted by molar-refractivity contribution is 0.0390. The molecule has 1 saturated heterocycles. The van der Waals surface area contributed by atoms with E-state index in [4.69, 9.17) is 16.3 Å². The lowest BCUT2D eigenvalue weighted by Gasteiger charge is -2.32. The molecule has 5 heteroatoms. The first-order chi connectivity index (χ1) is 7.47. The van der Waals surface area contributed by atoms with E-state index < -0.39 is 9.84 Å². The smallest absolute Gasteiger partial charge is 0.147 e. The predicted molar refractivity (Wildman–Crippen MR) is 64.6 cm³/mol. The van der Waals surface area contributed by atoms with Crippen LogP contribution in [-0.2, 0) is 14.6 Å². The molecule has 0 aromatic rings. The molecule has 2 aliphatic rings. The fourth-order valence-corrected chi connectivity index (χ4v) is 3.81. The van der Waals surface area contributed by atoms with E-state index in [1.54, 1.807) is 0 Å². The molecule has 2 fully saturated rings. The van der Waals surface area contributed by atoms with Crippen molar-refractivity contribution in [2.75, 3.05) is 24.5 Å². The van der Waals surface area contributed by atoms with Crippen LogP contribution in [0.5, 0.6) is 0 Å². The van der Waals surface area contributed by atoms with E-state index in [9.17, 15) is 8.42 Å². The van der Waals surface area contributed by atoms with Crippen LogP contribution in [0.3, 0.4) is 0 Å². The normalized spacial score (nSPS) is 35.5. The molecule has 0 bridgehead atoms. The van der Waals surface area contributed by atoms with Gasteiger partial charge in [0, 0.05) is 24.2 Å². The monoisotopic (exact) mass is 266 g/mol. The average molecular weight is 267 g/mol. The van der Waals surface area contributed by atoms with Crippen molar-refractivity contribution in [1.29, 1.82) is 0 Å². The molecule has 0 radical (unpaired) electrons. The maximum atomic E-state index is 11.3. The van der Waals surface area contributed by atoms with Gasteiger partial charge in [0.2, 0.25) is 0 Å². The largest absolute Gasteiger partial charge is 0.377 e. The molecular formula is C11H19ClO3S. The van der Waals surface area contributed by atoms with Crippen molar-refractivity contribution < 1.29 is 13.2 Å². The Morgan fingerprint density at radius 3 is 2.62 bits per heavy atom. The maximum Gasteiger partial charge on any atom is 0.147 e. The molecule has 0 aromatic heterocycles. The minimum atomic E-state index is -2.90. The van der Waals surface area contributed by atoms with Crippen LogP contribution in [0.1, 0.15) is 25.7 Å². The standard InChI is InChI=1S/C11H19ClO3S/c1-16(13,14)7-5-11(8-12)4-6-15-10(11)9-2-3-9/h9-10H,2-8H2,1H3. The van der Waals surface area contributed by atoms with E-state index in [0.29, 0.717) is 18.2 Å². The highest BCUT2D eigenvalue weighted by atomic mass is 35.5. The molecule has 0 aromatic carbocycles. The van der Waals surface area contributed by atoms with Gasteiger partial charge in [0.25, 0.3) is 0 Å². The summed E-state index contributed by atoms with van der Waals surface area (Å²) in [6.45, 7) is 0.734. The van der Waals surface area contributed by atoms with E-state index in [2.05, 4.69) is 0 Å². The van der Waals surface area contributed by atoms with Crippen molar-refractivity contribution in [1.82, 2.24) is 0 Å². The van der Waals surface area contributed by atoms with Gasteiger partial charge in [-0.15, -0.1) is 11.6 Å². The molecule has 1 aliphatic carbocycles. The summed E-state index contributed by atoms with van der Waals surface area (Å²) in [5.74, 6) is 1.37. The van der Waals surface area contributed by atoms with Gasteiger partial charge < -0.3 is 4.74 Å². The summed E-state index contributed by atoms with van der Waals surface area (Å²) < 4.78 is 28.3. The van der Waals surface area contributed by atoms with Gasteiger partial charge in [-0.2, -0.15) is 0 Å². The number of hydrogen-bond acceptors (Lipinski definition) is 3.